The van der Waals surface area contributed by atoms with E-state index in [1.165, 1.54) is 30.4 Å². The van der Waals surface area contributed by atoms with Crippen molar-refractivity contribution in [2.24, 2.45) is 0 Å². The first-order chi connectivity index (χ1) is 11.0. The van der Waals surface area contributed by atoms with Crippen LogP contribution in [0.4, 0.5) is 0 Å². The summed E-state index contributed by atoms with van der Waals surface area (Å²) in [5, 5.41) is 4.45. The number of thiophene rings is 1. The number of nitrogens with one attached hydrogen (secondary N) is 1. The zero-order chi connectivity index (χ0) is 16.7. The maximum atomic E-state index is 11.9. The molecule has 0 spiro atoms. The molecule has 1 N–H and O–H groups in total. The van der Waals surface area contributed by atoms with E-state index >= 15 is 0 Å². The van der Waals surface area contributed by atoms with Crippen LogP contribution in [0.5, 0.6) is 0 Å². The summed E-state index contributed by atoms with van der Waals surface area (Å²) in [7, 11) is 0. The van der Waals surface area contributed by atoms with Crippen molar-refractivity contribution < 1.29 is 23.5 Å². The molecule has 23 heavy (non-hydrogen) atoms. The summed E-state index contributed by atoms with van der Waals surface area (Å²) in [6.07, 6.45) is 2.89. The Morgan fingerprint density at radius 1 is 1.30 bits per heavy atom. The maximum Gasteiger partial charge on any atom is 0.331 e. The van der Waals surface area contributed by atoms with Gasteiger partial charge in [0.15, 0.2) is 12.4 Å². The van der Waals surface area contributed by atoms with Gasteiger partial charge in [-0.05, 0) is 29.7 Å². The number of Topliss-reactive ketones (excluding diaryl/α,β-unsaturated/α-hetero) is 1. The van der Waals surface area contributed by atoms with Crippen LogP contribution in [-0.2, 0) is 20.9 Å². The van der Waals surface area contributed by atoms with E-state index in [-0.39, 0.29) is 18.2 Å². The van der Waals surface area contributed by atoms with Gasteiger partial charge >= 0.3 is 5.97 Å². The second-order valence-corrected chi connectivity index (χ2v) is 5.53. The molecule has 0 saturated heterocycles. The van der Waals surface area contributed by atoms with Gasteiger partial charge < -0.3 is 14.5 Å². The molecule has 0 aliphatic carbocycles. The quantitative estimate of drug-likeness (QED) is 0.478. The molecule has 2 heterocycles. The minimum Gasteiger partial charge on any atom is -0.456 e. The van der Waals surface area contributed by atoms with Crippen molar-refractivity contribution in [2.45, 2.75) is 13.5 Å². The molecular formula is C16H15NO5S. The number of amides is 1. The minimum absolute atomic E-state index is 0.0837. The number of hydrogen-bond donors (Lipinski definition) is 1. The Balaban J connectivity index is 1.80. The van der Waals surface area contributed by atoms with Gasteiger partial charge in [-0.3, -0.25) is 9.59 Å². The fraction of sp³-hybridized carbons (Fsp3) is 0.188. The van der Waals surface area contributed by atoms with E-state index in [1.54, 1.807) is 12.1 Å². The molecule has 6 nitrogen and oxygen atoms in total. The minimum atomic E-state index is -0.600. The molecule has 0 bridgehead atoms. The highest BCUT2D eigenvalue weighted by Gasteiger charge is 2.13. The Morgan fingerprint density at radius 2 is 2.13 bits per heavy atom. The predicted octanol–water partition coefficient (Wildman–Crippen LogP) is 2.42. The lowest BCUT2D eigenvalue weighted by atomic mass is 10.3. The number of carbonyl (C=O) groups excluding carboxylic acids is 3. The molecule has 2 aromatic rings. The average molecular weight is 333 g/mol. The second-order valence-electron chi connectivity index (χ2n) is 4.56. The highest BCUT2D eigenvalue weighted by Crippen LogP contribution is 2.11. The first kappa shape index (κ1) is 16.7. The lowest BCUT2D eigenvalue weighted by molar-refractivity contribution is -0.136. The van der Waals surface area contributed by atoms with Gasteiger partial charge in [0.25, 0.3) is 0 Å². The van der Waals surface area contributed by atoms with Crippen LogP contribution in [0.1, 0.15) is 28.1 Å². The summed E-state index contributed by atoms with van der Waals surface area (Å²) in [5.74, 6) is -0.706. The summed E-state index contributed by atoms with van der Waals surface area (Å²) >= 11 is 1.49. The lowest BCUT2D eigenvalue weighted by Gasteiger charge is -2.00. The van der Waals surface area contributed by atoms with Gasteiger partial charge in [-0.25, -0.2) is 4.79 Å². The predicted molar refractivity (Wildman–Crippen MR) is 84.9 cm³/mol. The highest BCUT2D eigenvalue weighted by molar-refractivity contribution is 7.10. The second kappa shape index (κ2) is 8.09. The molecule has 0 radical (unpaired) electrons. The van der Waals surface area contributed by atoms with Crippen LogP contribution in [0.2, 0.25) is 0 Å². The molecule has 7 heteroatoms. The van der Waals surface area contributed by atoms with Crippen molar-refractivity contribution in [2.75, 3.05) is 6.61 Å². The summed E-state index contributed by atoms with van der Waals surface area (Å²) in [6, 6.07) is 6.80. The Labute approximate surface area is 136 Å². The van der Waals surface area contributed by atoms with Crippen LogP contribution < -0.4 is 5.32 Å². The molecule has 2 aromatic heterocycles. The topological polar surface area (TPSA) is 85.6 Å². The Kier molecular flexibility index (Phi) is 5.87. The molecule has 120 valence electrons. The Bertz CT molecular complexity index is 715. The van der Waals surface area contributed by atoms with E-state index in [0.717, 1.165) is 4.88 Å². The third kappa shape index (κ3) is 5.55. The van der Waals surface area contributed by atoms with Gasteiger partial charge in [0.05, 0.1) is 6.54 Å². The number of ether oxygens (including phenoxy) is 1. The maximum absolute atomic E-state index is 11.9. The normalized spacial score (nSPS) is 10.7. The number of hydrogen-bond acceptors (Lipinski definition) is 6. The molecule has 1 amide bonds. The van der Waals surface area contributed by atoms with Crippen molar-refractivity contribution in [3.05, 3.63) is 52.1 Å². The van der Waals surface area contributed by atoms with Crippen LogP contribution in [0.25, 0.3) is 6.08 Å². The van der Waals surface area contributed by atoms with Gasteiger partial charge in [-0.1, -0.05) is 6.07 Å². The SMILES string of the molecule is CC(=O)NCc1ccc(C(=O)COC(=O)C=Cc2cccs2)o1. The first-order valence-corrected chi connectivity index (χ1v) is 7.67. The Morgan fingerprint density at radius 3 is 2.83 bits per heavy atom. The summed E-state index contributed by atoms with van der Waals surface area (Å²) in [4.78, 5) is 35.1. The van der Waals surface area contributed by atoms with E-state index in [4.69, 9.17) is 9.15 Å². The highest BCUT2D eigenvalue weighted by atomic mass is 32.1. The van der Waals surface area contributed by atoms with E-state index in [2.05, 4.69) is 5.32 Å². The van der Waals surface area contributed by atoms with Gasteiger partial charge in [0.2, 0.25) is 11.7 Å². The third-order valence-electron chi connectivity index (χ3n) is 2.72. The van der Waals surface area contributed by atoms with E-state index in [1.807, 2.05) is 17.5 Å². The van der Waals surface area contributed by atoms with Gasteiger partial charge in [0.1, 0.15) is 5.76 Å². The molecule has 0 fully saturated rings. The summed E-state index contributed by atoms with van der Waals surface area (Å²) in [6.45, 7) is 1.19. The number of rotatable bonds is 7. The lowest BCUT2D eigenvalue weighted by Crippen LogP contribution is -2.18. The van der Waals surface area contributed by atoms with Crippen molar-refractivity contribution in [3.8, 4) is 0 Å². The van der Waals surface area contributed by atoms with Crippen molar-refractivity contribution >= 4 is 35.1 Å². The van der Waals surface area contributed by atoms with Crippen LogP contribution in [-0.4, -0.2) is 24.3 Å². The third-order valence-corrected chi connectivity index (χ3v) is 3.56. The molecule has 0 saturated carbocycles. The number of esters is 1. The van der Waals surface area contributed by atoms with Crippen LogP contribution in [0, 0.1) is 0 Å². The average Bonchev–Trinajstić information content (AvgIpc) is 3.19. The molecule has 0 unspecified atom stereocenters. The van der Waals surface area contributed by atoms with Crippen molar-refractivity contribution in [1.82, 2.24) is 5.32 Å². The molecule has 0 aliphatic heterocycles. The monoisotopic (exact) mass is 333 g/mol. The summed E-state index contributed by atoms with van der Waals surface area (Å²) < 4.78 is 10.1. The summed E-state index contributed by atoms with van der Waals surface area (Å²) in [5.41, 5.74) is 0. The largest absolute Gasteiger partial charge is 0.456 e. The molecular weight excluding hydrogens is 318 g/mol. The van der Waals surface area contributed by atoms with Crippen LogP contribution >= 0.6 is 11.3 Å². The molecule has 2 rings (SSSR count). The van der Waals surface area contributed by atoms with Gasteiger partial charge in [0, 0.05) is 17.9 Å². The Hall–Kier alpha value is -2.67. The number of ketones is 1. The molecule has 0 atom stereocenters. The van der Waals surface area contributed by atoms with Crippen LogP contribution in [0.15, 0.2) is 40.1 Å². The van der Waals surface area contributed by atoms with E-state index in [9.17, 15) is 14.4 Å². The smallest absolute Gasteiger partial charge is 0.331 e. The van der Waals surface area contributed by atoms with Gasteiger partial charge in [-0.2, -0.15) is 0 Å². The van der Waals surface area contributed by atoms with Crippen molar-refractivity contribution in [1.29, 1.82) is 0 Å². The van der Waals surface area contributed by atoms with Gasteiger partial charge in [-0.15, -0.1) is 11.3 Å². The zero-order valence-electron chi connectivity index (χ0n) is 12.4. The molecule has 0 aromatic carbocycles. The molecule has 0 aliphatic rings. The number of carbonyl (C=O) groups is 3. The fourth-order valence-electron chi connectivity index (χ4n) is 1.63. The fourth-order valence-corrected chi connectivity index (χ4v) is 2.24. The van der Waals surface area contributed by atoms with E-state index in [0.29, 0.717) is 5.76 Å². The van der Waals surface area contributed by atoms with Crippen LogP contribution in [0.3, 0.4) is 0 Å². The zero-order valence-corrected chi connectivity index (χ0v) is 13.2. The first-order valence-electron chi connectivity index (χ1n) is 6.79. The van der Waals surface area contributed by atoms with E-state index < -0.39 is 18.4 Å². The van der Waals surface area contributed by atoms with Crippen molar-refractivity contribution in [3.63, 3.8) is 0 Å². The number of furan rings is 1. The standard InChI is InChI=1S/C16H15NO5S/c1-11(18)17-9-12-4-6-15(22-12)14(19)10-21-16(20)7-5-13-3-2-8-23-13/h2-8H,9-10H2,1H3,(H,17,18).